The van der Waals surface area contributed by atoms with Crippen LogP contribution < -0.4 is 5.48 Å². The van der Waals surface area contributed by atoms with E-state index in [9.17, 15) is 9.59 Å². The van der Waals surface area contributed by atoms with Crippen LogP contribution in [0.3, 0.4) is 0 Å². The molecule has 0 atom stereocenters. The highest BCUT2D eigenvalue weighted by Gasteiger charge is 2.19. The van der Waals surface area contributed by atoms with Gasteiger partial charge in [0.25, 0.3) is 0 Å². The van der Waals surface area contributed by atoms with Crippen molar-refractivity contribution >= 4 is 18.7 Å². The number of ether oxygens (including phenoxy) is 1. The molecular formula is C10H18N2O4. The Kier molecular flexibility index (Phi) is 5.10. The summed E-state index contributed by atoms with van der Waals surface area (Å²) in [7, 11) is 0. The van der Waals surface area contributed by atoms with Crippen LogP contribution in [-0.2, 0) is 14.4 Å². The second-order valence-electron chi connectivity index (χ2n) is 4.68. The SMILES string of the molecule is CC(C)(C)OC(=O)/N=C/C(C)(C)ONC=O. The fourth-order valence-electron chi connectivity index (χ4n) is 0.699. The molecule has 0 aromatic heterocycles. The molecule has 6 heteroatoms. The maximum Gasteiger partial charge on any atom is 0.433 e. The number of hydroxylamine groups is 1. The smallest absolute Gasteiger partial charge is 0.433 e. The van der Waals surface area contributed by atoms with Crippen molar-refractivity contribution in [2.45, 2.75) is 45.8 Å². The average molecular weight is 230 g/mol. The molecule has 6 nitrogen and oxygen atoms in total. The highest BCUT2D eigenvalue weighted by molar-refractivity contribution is 5.83. The topological polar surface area (TPSA) is 77.0 Å². The fourth-order valence-corrected chi connectivity index (χ4v) is 0.699. The van der Waals surface area contributed by atoms with Crippen LogP contribution in [-0.4, -0.2) is 29.9 Å². The third-order valence-electron chi connectivity index (χ3n) is 1.24. The second-order valence-corrected chi connectivity index (χ2v) is 4.68. The van der Waals surface area contributed by atoms with Crippen LogP contribution in [0.15, 0.2) is 4.99 Å². The van der Waals surface area contributed by atoms with E-state index in [-0.39, 0.29) is 0 Å². The summed E-state index contributed by atoms with van der Waals surface area (Å²) in [6.45, 7) is 8.51. The van der Waals surface area contributed by atoms with Crippen LogP contribution in [0.2, 0.25) is 0 Å². The number of nitrogens with one attached hydrogen (secondary N) is 1. The Bertz CT molecular complexity index is 279. The molecule has 0 radical (unpaired) electrons. The molecule has 0 bridgehead atoms. The number of carbonyl (C=O) groups excluding carboxylic acids is 2. The predicted molar refractivity (Wildman–Crippen MR) is 59.1 cm³/mol. The first-order valence-corrected chi connectivity index (χ1v) is 4.82. The largest absolute Gasteiger partial charge is 0.442 e. The van der Waals surface area contributed by atoms with E-state index in [0.717, 1.165) is 0 Å². The van der Waals surface area contributed by atoms with Gasteiger partial charge in [-0.15, -0.1) is 0 Å². The van der Waals surface area contributed by atoms with Crippen molar-refractivity contribution in [3.8, 4) is 0 Å². The van der Waals surface area contributed by atoms with Crippen LogP contribution in [0.25, 0.3) is 0 Å². The van der Waals surface area contributed by atoms with Gasteiger partial charge in [-0.3, -0.25) is 9.63 Å². The standard InChI is InChI=1S/C10H18N2O4/c1-9(2,3)15-8(14)11-6-10(4,5)16-12-7-13/h6-7H,1-5H3,(H,12,13)/b11-6+. The van der Waals surface area contributed by atoms with Crippen LogP contribution in [0.1, 0.15) is 34.6 Å². The normalized spacial score (nSPS) is 12.6. The first-order valence-electron chi connectivity index (χ1n) is 4.82. The Morgan fingerprint density at radius 2 is 1.81 bits per heavy atom. The van der Waals surface area contributed by atoms with Gasteiger partial charge in [0.2, 0.25) is 6.41 Å². The molecule has 0 saturated heterocycles. The monoisotopic (exact) mass is 230 g/mol. The van der Waals surface area contributed by atoms with E-state index in [0.29, 0.717) is 6.41 Å². The highest BCUT2D eigenvalue weighted by atomic mass is 16.7. The maximum absolute atomic E-state index is 11.2. The van der Waals surface area contributed by atoms with E-state index < -0.39 is 17.3 Å². The van der Waals surface area contributed by atoms with Crippen molar-refractivity contribution in [1.29, 1.82) is 0 Å². The molecular weight excluding hydrogens is 212 g/mol. The van der Waals surface area contributed by atoms with Crippen molar-refractivity contribution in [2.75, 3.05) is 0 Å². The first kappa shape index (κ1) is 14.6. The summed E-state index contributed by atoms with van der Waals surface area (Å²) in [5.41, 5.74) is 0.577. The lowest BCUT2D eigenvalue weighted by Crippen LogP contribution is -2.33. The van der Waals surface area contributed by atoms with Crippen LogP contribution >= 0.6 is 0 Å². The number of carbonyl (C=O) groups is 2. The van der Waals surface area contributed by atoms with Crippen LogP contribution in [0.5, 0.6) is 0 Å². The van der Waals surface area contributed by atoms with Crippen molar-refractivity contribution < 1.29 is 19.2 Å². The van der Waals surface area contributed by atoms with Gasteiger partial charge in [-0.05, 0) is 34.6 Å². The predicted octanol–water partition coefficient (Wildman–Crippen LogP) is 1.45. The Balaban J connectivity index is 4.25. The molecule has 0 unspecified atom stereocenters. The van der Waals surface area contributed by atoms with Gasteiger partial charge in [0.1, 0.15) is 11.2 Å². The molecule has 0 aliphatic rings. The Labute approximate surface area is 95.0 Å². The molecule has 0 spiro atoms. The summed E-state index contributed by atoms with van der Waals surface area (Å²) >= 11 is 0. The molecule has 0 saturated carbocycles. The third kappa shape index (κ3) is 7.93. The van der Waals surface area contributed by atoms with Crippen LogP contribution in [0.4, 0.5) is 4.79 Å². The molecule has 2 amide bonds. The molecule has 92 valence electrons. The fraction of sp³-hybridized carbons (Fsp3) is 0.700. The molecule has 0 fully saturated rings. The van der Waals surface area contributed by atoms with Crippen molar-refractivity contribution in [1.82, 2.24) is 5.48 Å². The Hall–Kier alpha value is -1.43. The summed E-state index contributed by atoms with van der Waals surface area (Å²) in [6.07, 6.45) is 0.955. The number of aliphatic imine (C=N–C) groups is 1. The molecule has 16 heavy (non-hydrogen) atoms. The first-order chi connectivity index (χ1) is 7.16. The minimum atomic E-state index is -0.877. The lowest BCUT2D eigenvalue weighted by molar-refractivity contribution is -0.127. The Morgan fingerprint density at radius 1 is 1.25 bits per heavy atom. The summed E-state index contributed by atoms with van der Waals surface area (Å²) < 4.78 is 4.96. The van der Waals surface area contributed by atoms with Crippen molar-refractivity contribution in [2.24, 2.45) is 4.99 Å². The van der Waals surface area contributed by atoms with Crippen molar-refractivity contribution in [3.05, 3.63) is 0 Å². The third-order valence-corrected chi connectivity index (χ3v) is 1.24. The van der Waals surface area contributed by atoms with E-state index in [1.807, 2.05) is 5.48 Å². The van der Waals surface area contributed by atoms with Gasteiger partial charge >= 0.3 is 6.09 Å². The summed E-state index contributed by atoms with van der Waals surface area (Å²) in [5.74, 6) is 0. The zero-order valence-electron chi connectivity index (χ0n) is 10.2. The molecule has 0 heterocycles. The zero-order valence-corrected chi connectivity index (χ0v) is 10.2. The van der Waals surface area contributed by atoms with Crippen molar-refractivity contribution in [3.63, 3.8) is 0 Å². The maximum atomic E-state index is 11.2. The lowest BCUT2D eigenvalue weighted by Gasteiger charge is -2.19. The molecule has 0 aromatic carbocycles. The molecule has 0 aliphatic carbocycles. The summed E-state index contributed by atoms with van der Waals surface area (Å²) in [5, 5.41) is 0. The van der Waals surface area contributed by atoms with Gasteiger partial charge in [-0.25, -0.2) is 10.3 Å². The number of hydrogen-bond acceptors (Lipinski definition) is 4. The minimum Gasteiger partial charge on any atom is -0.442 e. The molecule has 1 N–H and O–H groups in total. The second kappa shape index (κ2) is 5.60. The average Bonchev–Trinajstić information content (AvgIpc) is 2.09. The zero-order chi connectivity index (χ0) is 12.8. The molecule has 0 aliphatic heterocycles. The quantitative estimate of drug-likeness (QED) is 0.450. The van der Waals surface area contributed by atoms with Gasteiger partial charge in [0.05, 0.1) is 0 Å². The number of nitrogens with zero attached hydrogens (tertiary/aromatic N) is 1. The van der Waals surface area contributed by atoms with Gasteiger partial charge in [0, 0.05) is 6.21 Å². The number of rotatable bonds is 4. The molecule has 0 rings (SSSR count). The lowest BCUT2D eigenvalue weighted by atomic mass is 10.2. The summed E-state index contributed by atoms with van der Waals surface area (Å²) in [4.78, 5) is 29.7. The summed E-state index contributed by atoms with van der Waals surface area (Å²) in [6, 6.07) is 0. The van der Waals surface area contributed by atoms with Gasteiger partial charge in [0.15, 0.2) is 0 Å². The van der Waals surface area contributed by atoms with Crippen LogP contribution in [0, 0.1) is 0 Å². The van der Waals surface area contributed by atoms with Gasteiger partial charge < -0.3 is 4.74 Å². The number of amides is 2. The van der Waals surface area contributed by atoms with E-state index in [4.69, 9.17) is 9.57 Å². The molecule has 0 aromatic rings. The van der Waals surface area contributed by atoms with Gasteiger partial charge in [-0.2, -0.15) is 4.99 Å². The van der Waals surface area contributed by atoms with E-state index in [1.54, 1.807) is 34.6 Å². The Morgan fingerprint density at radius 3 is 2.25 bits per heavy atom. The minimum absolute atomic E-state index is 0.392. The van der Waals surface area contributed by atoms with E-state index in [1.165, 1.54) is 6.21 Å². The van der Waals surface area contributed by atoms with E-state index in [2.05, 4.69) is 4.99 Å². The highest BCUT2D eigenvalue weighted by Crippen LogP contribution is 2.09. The van der Waals surface area contributed by atoms with Gasteiger partial charge in [-0.1, -0.05) is 0 Å². The van der Waals surface area contributed by atoms with E-state index >= 15 is 0 Å². The number of hydrogen-bond donors (Lipinski definition) is 1.